The summed E-state index contributed by atoms with van der Waals surface area (Å²) >= 11 is 0. The van der Waals surface area contributed by atoms with Crippen molar-refractivity contribution in [1.29, 1.82) is 0 Å². The fraction of sp³-hybridized carbons (Fsp3) is 0.704. The van der Waals surface area contributed by atoms with Crippen LogP contribution < -0.4 is 0 Å². The van der Waals surface area contributed by atoms with Crippen LogP contribution in [0.4, 0.5) is 0 Å². The third-order valence-corrected chi connectivity index (χ3v) is 7.23. The van der Waals surface area contributed by atoms with Crippen LogP contribution in [0, 0.1) is 0 Å². The van der Waals surface area contributed by atoms with Gasteiger partial charge in [-0.3, -0.25) is 0 Å². The molecule has 5 rings (SSSR count). The van der Waals surface area contributed by atoms with E-state index < -0.39 is 73.0 Å². The van der Waals surface area contributed by atoms with E-state index in [0.717, 1.165) is 5.56 Å². The summed E-state index contributed by atoms with van der Waals surface area (Å²) in [6.07, 6.45) is -3.61. The molecule has 0 aliphatic carbocycles. The maximum Gasteiger partial charge on any atom is 0.190 e. The van der Waals surface area contributed by atoms with Crippen molar-refractivity contribution < 1.29 is 48.1 Å². The second-order valence-corrected chi connectivity index (χ2v) is 10.9. The molecule has 9 atom stereocenters. The van der Waals surface area contributed by atoms with Crippen molar-refractivity contribution >= 4 is 0 Å². The van der Waals surface area contributed by atoms with E-state index in [2.05, 4.69) is 6.58 Å². The number of rotatable bonds is 10. The Bertz CT molecular complexity index is 938. The van der Waals surface area contributed by atoms with Gasteiger partial charge in [0.15, 0.2) is 24.2 Å². The Balaban J connectivity index is 1.38. The zero-order valence-electron chi connectivity index (χ0n) is 21.8. The highest BCUT2D eigenvalue weighted by atomic mass is 16.9. The quantitative estimate of drug-likeness (QED) is 0.442. The van der Waals surface area contributed by atoms with Crippen LogP contribution in [0.15, 0.2) is 43.0 Å². The Morgan fingerprint density at radius 3 is 2.41 bits per heavy atom. The highest BCUT2D eigenvalue weighted by Gasteiger charge is 2.65. The first-order valence-electron chi connectivity index (χ1n) is 12.8. The number of aliphatic hydroxyl groups is 2. The van der Waals surface area contributed by atoms with E-state index in [0.29, 0.717) is 13.0 Å². The van der Waals surface area contributed by atoms with Gasteiger partial charge in [-0.2, -0.15) is 0 Å². The lowest BCUT2D eigenvalue weighted by atomic mass is 9.88. The van der Waals surface area contributed by atoms with Gasteiger partial charge in [0.25, 0.3) is 0 Å². The molecule has 0 bridgehead atoms. The van der Waals surface area contributed by atoms with Gasteiger partial charge in [-0.15, -0.1) is 6.58 Å². The second-order valence-electron chi connectivity index (χ2n) is 10.9. The molecule has 10 nitrogen and oxygen atoms in total. The summed E-state index contributed by atoms with van der Waals surface area (Å²) in [6.45, 7) is 11.1. The van der Waals surface area contributed by atoms with Crippen LogP contribution in [0.1, 0.15) is 39.7 Å². The first-order chi connectivity index (χ1) is 17.6. The molecule has 0 saturated carbocycles. The maximum absolute atomic E-state index is 10.4. The summed E-state index contributed by atoms with van der Waals surface area (Å²) in [5, 5.41) is 20.0. The third kappa shape index (κ3) is 5.25. The van der Waals surface area contributed by atoms with Crippen molar-refractivity contribution in [3.05, 3.63) is 48.6 Å². The zero-order valence-corrected chi connectivity index (χ0v) is 21.8. The molecule has 0 radical (unpaired) electrons. The number of aliphatic hydroxyl groups excluding tert-OH is 2. The molecule has 4 aliphatic rings. The normalized spacial score (nSPS) is 40.4. The predicted molar refractivity (Wildman–Crippen MR) is 129 cm³/mol. The first-order valence-corrected chi connectivity index (χ1v) is 12.8. The van der Waals surface area contributed by atoms with Crippen molar-refractivity contribution in [3.63, 3.8) is 0 Å². The lowest BCUT2D eigenvalue weighted by molar-refractivity contribution is -0.254. The van der Waals surface area contributed by atoms with Gasteiger partial charge in [0.05, 0.1) is 19.8 Å². The Hall–Kier alpha value is -1.44. The van der Waals surface area contributed by atoms with Gasteiger partial charge >= 0.3 is 0 Å². The fourth-order valence-electron chi connectivity index (χ4n) is 5.61. The summed E-state index contributed by atoms with van der Waals surface area (Å²) in [5.74, 6) is -1.71. The third-order valence-electron chi connectivity index (χ3n) is 7.23. The number of fused-ring (bicyclic) bond motifs is 2. The fourth-order valence-corrected chi connectivity index (χ4v) is 5.61. The topological polar surface area (TPSA) is 114 Å². The van der Waals surface area contributed by atoms with Gasteiger partial charge in [-0.25, -0.2) is 0 Å². The minimum absolute atomic E-state index is 0.0679. The van der Waals surface area contributed by atoms with Crippen molar-refractivity contribution in [2.45, 2.75) is 107 Å². The van der Waals surface area contributed by atoms with Gasteiger partial charge in [0, 0.05) is 0 Å². The minimum Gasteiger partial charge on any atom is -0.394 e. The highest BCUT2D eigenvalue weighted by Crippen LogP contribution is 2.48. The van der Waals surface area contributed by atoms with Crippen LogP contribution in [-0.4, -0.2) is 89.8 Å². The molecule has 2 N–H and O–H groups in total. The van der Waals surface area contributed by atoms with E-state index in [1.807, 2.05) is 44.2 Å². The van der Waals surface area contributed by atoms with Crippen LogP contribution >= 0.6 is 0 Å². The lowest BCUT2D eigenvalue weighted by Gasteiger charge is -2.38. The van der Waals surface area contributed by atoms with Crippen molar-refractivity contribution in [1.82, 2.24) is 0 Å². The van der Waals surface area contributed by atoms with E-state index in [1.165, 1.54) is 0 Å². The van der Waals surface area contributed by atoms with E-state index in [1.54, 1.807) is 19.9 Å². The Kier molecular flexibility index (Phi) is 7.53. The molecule has 4 heterocycles. The van der Waals surface area contributed by atoms with Gasteiger partial charge in [-0.1, -0.05) is 36.4 Å². The number of hydrogen-bond acceptors (Lipinski definition) is 10. The van der Waals surface area contributed by atoms with Crippen LogP contribution in [-0.2, 0) is 44.5 Å². The van der Waals surface area contributed by atoms with Crippen LogP contribution in [0.25, 0.3) is 0 Å². The summed E-state index contributed by atoms with van der Waals surface area (Å²) < 4.78 is 49.4. The van der Waals surface area contributed by atoms with Crippen LogP contribution in [0.5, 0.6) is 0 Å². The highest BCUT2D eigenvalue weighted by molar-refractivity contribution is 5.15. The molecular weight excluding hydrogens is 484 g/mol. The molecule has 0 spiro atoms. The van der Waals surface area contributed by atoms with Crippen molar-refractivity contribution in [2.24, 2.45) is 0 Å². The van der Waals surface area contributed by atoms with Gasteiger partial charge in [-0.05, 0) is 39.7 Å². The SMILES string of the molecule is C=CC[C@@]1(OCc2ccccc2)[C@@H](CO[C@@H]2[C@H]3OC(C)(C)O[C@H]3O[C@@H]2[C@H](O)CO)O[C@@H]2OC(C)(C)O[C@@H]21. The van der Waals surface area contributed by atoms with E-state index in [4.69, 9.17) is 37.9 Å². The summed E-state index contributed by atoms with van der Waals surface area (Å²) in [4.78, 5) is 0. The second kappa shape index (κ2) is 10.3. The molecule has 1 aromatic carbocycles. The maximum atomic E-state index is 10.4. The van der Waals surface area contributed by atoms with E-state index in [9.17, 15) is 10.2 Å². The molecule has 0 amide bonds. The molecule has 4 fully saturated rings. The lowest BCUT2D eigenvalue weighted by Crippen LogP contribution is -2.53. The monoisotopic (exact) mass is 522 g/mol. The Morgan fingerprint density at radius 1 is 1.00 bits per heavy atom. The minimum atomic E-state index is -1.17. The summed E-state index contributed by atoms with van der Waals surface area (Å²) in [7, 11) is 0. The Morgan fingerprint density at radius 2 is 1.70 bits per heavy atom. The molecule has 37 heavy (non-hydrogen) atoms. The average molecular weight is 523 g/mol. The first kappa shape index (κ1) is 27.1. The van der Waals surface area contributed by atoms with Crippen LogP contribution in [0.3, 0.4) is 0 Å². The predicted octanol–water partition coefficient (Wildman–Crippen LogP) is 2.01. The molecule has 0 unspecified atom stereocenters. The summed E-state index contributed by atoms with van der Waals surface area (Å²) in [6, 6.07) is 9.86. The molecular formula is C27H38O10. The molecule has 4 saturated heterocycles. The Labute approximate surface area is 217 Å². The van der Waals surface area contributed by atoms with Crippen molar-refractivity contribution in [2.75, 3.05) is 13.2 Å². The van der Waals surface area contributed by atoms with E-state index in [-0.39, 0.29) is 6.61 Å². The van der Waals surface area contributed by atoms with Gasteiger partial charge in [0.1, 0.15) is 42.2 Å². The van der Waals surface area contributed by atoms with Crippen molar-refractivity contribution in [3.8, 4) is 0 Å². The average Bonchev–Trinajstić information content (AvgIpc) is 3.52. The van der Waals surface area contributed by atoms with Gasteiger partial charge < -0.3 is 48.1 Å². The molecule has 206 valence electrons. The standard InChI is InChI=1S/C27H38O10/c1-6-12-27(31-14-16-10-8-7-9-11-16)18(32-24-22(27)35-26(4,5)37-24)15-30-20-19(17(29)13-28)33-23-21(20)34-25(2,3)36-23/h6-11,17-24,28-29H,1,12-15H2,2-5H3/t17-,18-,19-,20+,21-,22+,23-,24-,27-/m1/s1. The molecule has 4 aliphatic heterocycles. The summed E-state index contributed by atoms with van der Waals surface area (Å²) in [5.41, 5.74) is 0.0517. The van der Waals surface area contributed by atoms with Gasteiger partial charge in [0.2, 0.25) is 0 Å². The molecule has 0 aromatic heterocycles. The van der Waals surface area contributed by atoms with Crippen LogP contribution in [0.2, 0.25) is 0 Å². The largest absolute Gasteiger partial charge is 0.394 e. The number of hydrogen-bond donors (Lipinski definition) is 2. The number of ether oxygens (including phenoxy) is 8. The molecule has 10 heteroatoms. The van der Waals surface area contributed by atoms with E-state index >= 15 is 0 Å². The zero-order chi connectivity index (χ0) is 26.4. The smallest absolute Gasteiger partial charge is 0.190 e. The molecule has 1 aromatic rings. The number of benzene rings is 1.